The van der Waals surface area contributed by atoms with Gasteiger partial charge in [0, 0.05) is 30.3 Å². The molecular formula is C30H26Cl2N4O4S. The Labute approximate surface area is 248 Å². The number of carbonyl (C=O) groups excluding carboxylic acids is 1. The second kappa shape index (κ2) is 12.6. The van der Waals surface area contributed by atoms with Crippen LogP contribution in [0.3, 0.4) is 0 Å². The highest BCUT2D eigenvalue weighted by Crippen LogP contribution is 2.34. The van der Waals surface area contributed by atoms with Crippen LogP contribution in [0.25, 0.3) is 0 Å². The van der Waals surface area contributed by atoms with Gasteiger partial charge in [0.05, 0.1) is 27.2 Å². The average Bonchev–Trinajstić information content (AvgIpc) is 3.52. The van der Waals surface area contributed by atoms with Crippen LogP contribution in [0.15, 0.2) is 101 Å². The number of sulfonamides is 1. The summed E-state index contributed by atoms with van der Waals surface area (Å²) >= 11 is 12.0. The molecule has 41 heavy (non-hydrogen) atoms. The van der Waals surface area contributed by atoms with Crippen molar-refractivity contribution in [3.05, 3.63) is 118 Å². The third-order valence-corrected chi connectivity index (χ3v) is 8.40. The van der Waals surface area contributed by atoms with Crippen LogP contribution in [0, 0.1) is 0 Å². The van der Waals surface area contributed by atoms with E-state index in [1.807, 2.05) is 24.3 Å². The van der Waals surface area contributed by atoms with Crippen molar-refractivity contribution in [2.45, 2.75) is 11.3 Å². The van der Waals surface area contributed by atoms with Crippen LogP contribution in [0.5, 0.6) is 11.5 Å². The van der Waals surface area contributed by atoms with E-state index < -0.39 is 10.0 Å². The maximum atomic E-state index is 13.1. The first-order valence-electron chi connectivity index (χ1n) is 12.8. The molecule has 8 nitrogen and oxygen atoms in total. The lowest BCUT2D eigenvalue weighted by Crippen LogP contribution is -2.25. The zero-order valence-electron chi connectivity index (χ0n) is 21.7. The highest BCUT2D eigenvalue weighted by molar-refractivity contribution is 7.92. The molecule has 1 heterocycles. The third-order valence-electron chi connectivity index (χ3n) is 6.28. The molecule has 0 saturated heterocycles. The van der Waals surface area contributed by atoms with Gasteiger partial charge in [0.2, 0.25) is 0 Å². The molecule has 1 aliphatic rings. The number of ether oxygens (including phenoxy) is 1. The van der Waals surface area contributed by atoms with Gasteiger partial charge in [0.1, 0.15) is 11.6 Å². The Morgan fingerprint density at radius 3 is 2.39 bits per heavy atom. The molecule has 11 heteroatoms. The van der Waals surface area contributed by atoms with E-state index >= 15 is 0 Å². The van der Waals surface area contributed by atoms with Crippen LogP contribution in [-0.4, -0.2) is 39.8 Å². The van der Waals surface area contributed by atoms with Crippen molar-refractivity contribution in [3.8, 4) is 11.5 Å². The first-order chi connectivity index (χ1) is 19.8. The van der Waals surface area contributed by atoms with Crippen molar-refractivity contribution in [1.82, 2.24) is 10.6 Å². The van der Waals surface area contributed by atoms with Gasteiger partial charge in [0.25, 0.3) is 15.9 Å². The van der Waals surface area contributed by atoms with Crippen molar-refractivity contribution in [2.75, 3.05) is 24.4 Å². The van der Waals surface area contributed by atoms with Gasteiger partial charge in [-0.05, 0) is 60.5 Å². The van der Waals surface area contributed by atoms with E-state index in [9.17, 15) is 13.2 Å². The Hall–Kier alpha value is -4.05. The van der Waals surface area contributed by atoms with Crippen LogP contribution >= 0.6 is 23.2 Å². The van der Waals surface area contributed by atoms with Gasteiger partial charge in [-0.25, -0.2) is 8.42 Å². The molecule has 0 atom stereocenters. The molecule has 3 N–H and O–H groups in total. The van der Waals surface area contributed by atoms with Gasteiger partial charge < -0.3 is 15.4 Å². The number of nitrogens with zero attached hydrogens (tertiary/aromatic N) is 1. The number of amides is 1. The lowest BCUT2D eigenvalue weighted by atomic mass is 10.1. The number of hydrogen-bond donors (Lipinski definition) is 3. The SMILES string of the molecule is O=C(NCCc1ccc(C2=NCCN2)cc1)c1ccc(S(=O)(=O)Nc2ccccc2Oc2ccc(Cl)c(Cl)c2)cc1. The normalized spacial score (nSPS) is 12.8. The van der Waals surface area contributed by atoms with E-state index in [1.54, 1.807) is 42.5 Å². The molecule has 0 aliphatic carbocycles. The molecule has 0 spiro atoms. The number of halogens is 2. The number of anilines is 1. The fourth-order valence-electron chi connectivity index (χ4n) is 4.14. The minimum atomic E-state index is -3.97. The second-order valence-electron chi connectivity index (χ2n) is 9.16. The van der Waals surface area contributed by atoms with E-state index in [2.05, 4.69) is 20.3 Å². The summed E-state index contributed by atoms with van der Waals surface area (Å²) in [7, 11) is -3.97. The molecule has 0 radical (unpaired) electrons. The number of amidine groups is 1. The van der Waals surface area contributed by atoms with Crippen molar-refractivity contribution in [3.63, 3.8) is 0 Å². The summed E-state index contributed by atoms with van der Waals surface area (Å²) in [5.41, 5.74) is 2.72. The number of carbonyl (C=O) groups is 1. The summed E-state index contributed by atoms with van der Waals surface area (Å²) < 4.78 is 34.6. The lowest BCUT2D eigenvalue weighted by molar-refractivity contribution is 0.0954. The number of hydrogen-bond acceptors (Lipinski definition) is 6. The first kappa shape index (κ1) is 28.5. The van der Waals surface area contributed by atoms with Gasteiger partial charge >= 0.3 is 0 Å². The van der Waals surface area contributed by atoms with Gasteiger partial charge in [-0.2, -0.15) is 0 Å². The summed E-state index contributed by atoms with van der Waals surface area (Å²) in [6, 6.07) is 25.2. The van der Waals surface area contributed by atoms with Gasteiger partial charge in [-0.3, -0.25) is 14.5 Å². The maximum Gasteiger partial charge on any atom is 0.262 e. The fraction of sp³-hybridized carbons (Fsp3) is 0.133. The van der Waals surface area contributed by atoms with E-state index in [4.69, 9.17) is 27.9 Å². The zero-order valence-corrected chi connectivity index (χ0v) is 24.1. The van der Waals surface area contributed by atoms with Crippen LogP contribution in [0.2, 0.25) is 10.0 Å². The molecule has 0 fully saturated rings. The topological polar surface area (TPSA) is 109 Å². The molecule has 5 rings (SSSR count). The van der Waals surface area contributed by atoms with Crippen LogP contribution in [0.1, 0.15) is 21.5 Å². The van der Waals surface area contributed by atoms with Gasteiger partial charge in [-0.1, -0.05) is 59.6 Å². The minimum absolute atomic E-state index is 0.000151. The lowest BCUT2D eigenvalue weighted by Gasteiger charge is -2.14. The average molecular weight is 610 g/mol. The van der Waals surface area contributed by atoms with Crippen LogP contribution < -0.4 is 20.1 Å². The monoisotopic (exact) mass is 608 g/mol. The predicted molar refractivity (Wildman–Crippen MR) is 162 cm³/mol. The molecular weight excluding hydrogens is 583 g/mol. The smallest absolute Gasteiger partial charge is 0.262 e. The largest absolute Gasteiger partial charge is 0.455 e. The summed E-state index contributed by atoms with van der Waals surface area (Å²) in [6.07, 6.45) is 0.659. The molecule has 210 valence electrons. The first-order valence-corrected chi connectivity index (χ1v) is 15.0. The molecule has 1 amide bonds. The third kappa shape index (κ3) is 7.18. The molecule has 0 unspecified atom stereocenters. The Bertz CT molecular complexity index is 1690. The van der Waals surface area contributed by atoms with Crippen LogP contribution in [0.4, 0.5) is 5.69 Å². The molecule has 0 bridgehead atoms. The summed E-state index contributed by atoms with van der Waals surface area (Å²) in [6.45, 7) is 2.09. The Morgan fingerprint density at radius 1 is 0.927 bits per heavy atom. The van der Waals surface area contributed by atoms with Crippen molar-refractivity contribution in [1.29, 1.82) is 0 Å². The van der Waals surface area contributed by atoms with Gasteiger partial charge in [-0.15, -0.1) is 0 Å². The highest BCUT2D eigenvalue weighted by Gasteiger charge is 2.18. The van der Waals surface area contributed by atoms with E-state index in [0.29, 0.717) is 34.3 Å². The molecule has 4 aromatic carbocycles. The second-order valence-corrected chi connectivity index (χ2v) is 11.7. The van der Waals surface area contributed by atoms with E-state index in [0.717, 1.165) is 30.1 Å². The van der Waals surface area contributed by atoms with Crippen molar-refractivity contribution >= 4 is 50.7 Å². The molecule has 0 saturated carbocycles. The quantitative estimate of drug-likeness (QED) is 0.207. The molecule has 0 aromatic heterocycles. The van der Waals surface area contributed by atoms with Crippen molar-refractivity contribution < 1.29 is 17.9 Å². The number of nitrogens with one attached hydrogen (secondary N) is 3. The summed E-state index contributed by atoms with van der Waals surface area (Å²) in [4.78, 5) is 17.1. The Morgan fingerprint density at radius 2 is 1.68 bits per heavy atom. The Balaban J connectivity index is 1.18. The number of aliphatic imine (C=N–C) groups is 1. The predicted octanol–water partition coefficient (Wildman–Crippen LogP) is 5.91. The number of benzene rings is 4. The standard InChI is InChI=1S/C30H26Cl2N4O4S/c31-25-14-11-23(19-26(25)32)40-28-4-2-1-3-27(28)36-41(38,39)24-12-9-22(10-13-24)30(37)35-16-15-20-5-7-21(8-6-20)29-33-17-18-34-29/h1-14,19,36H,15-18H2,(H,33,34)(H,35,37). The molecule has 1 aliphatic heterocycles. The Kier molecular flexibility index (Phi) is 8.78. The van der Waals surface area contributed by atoms with E-state index in [-0.39, 0.29) is 22.2 Å². The van der Waals surface area contributed by atoms with Crippen LogP contribution in [-0.2, 0) is 16.4 Å². The fourth-order valence-corrected chi connectivity index (χ4v) is 5.50. The maximum absolute atomic E-state index is 13.1. The summed E-state index contributed by atoms with van der Waals surface area (Å²) in [5.74, 6) is 1.30. The minimum Gasteiger partial charge on any atom is -0.455 e. The van der Waals surface area contributed by atoms with Crippen molar-refractivity contribution in [2.24, 2.45) is 4.99 Å². The van der Waals surface area contributed by atoms with E-state index in [1.165, 1.54) is 24.3 Å². The highest BCUT2D eigenvalue weighted by atomic mass is 35.5. The van der Waals surface area contributed by atoms with Gasteiger partial charge in [0.15, 0.2) is 5.75 Å². The zero-order chi connectivity index (χ0) is 28.8. The molecule has 4 aromatic rings. The summed E-state index contributed by atoms with van der Waals surface area (Å²) in [5, 5.41) is 6.82. The number of rotatable bonds is 10. The number of para-hydroxylation sites is 2.